The highest BCUT2D eigenvalue weighted by atomic mass is 32.1. The van der Waals surface area contributed by atoms with E-state index in [0.717, 1.165) is 44.1 Å². The monoisotopic (exact) mass is 385 g/mol. The molecule has 1 amide bonds. The van der Waals surface area contributed by atoms with Crippen molar-refractivity contribution in [3.63, 3.8) is 0 Å². The molecule has 0 saturated carbocycles. The van der Waals surface area contributed by atoms with Crippen molar-refractivity contribution in [1.82, 2.24) is 0 Å². The molecular weight excluding hydrogens is 358 g/mol. The SMILES string of the molecule is CCOC(=O)c1c(NC(=O)CCCc2ccc(C)cc2)sc2c1CCCC2. The van der Waals surface area contributed by atoms with Crippen LogP contribution in [0, 0.1) is 6.92 Å². The molecular formula is C22H27NO3S. The van der Waals surface area contributed by atoms with Gasteiger partial charge in [0.05, 0.1) is 12.2 Å². The van der Waals surface area contributed by atoms with Crippen molar-refractivity contribution in [1.29, 1.82) is 0 Å². The van der Waals surface area contributed by atoms with E-state index in [1.807, 2.05) is 0 Å². The van der Waals surface area contributed by atoms with E-state index >= 15 is 0 Å². The van der Waals surface area contributed by atoms with Gasteiger partial charge in [0.2, 0.25) is 5.91 Å². The van der Waals surface area contributed by atoms with Crippen molar-refractivity contribution < 1.29 is 14.3 Å². The zero-order valence-electron chi connectivity index (χ0n) is 16.1. The van der Waals surface area contributed by atoms with Crippen molar-refractivity contribution in [2.75, 3.05) is 11.9 Å². The average Bonchev–Trinajstić information content (AvgIpc) is 3.01. The second-order valence-electron chi connectivity index (χ2n) is 7.02. The molecule has 1 aliphatic rings. The molecule has 1 aromatic heterocycles. The molecule has 0 aliphatic heterocycles. The summed E-state index contributed by atoms with van der Waals surface area (Å²) in [6.45, 7) is 4.21. The van der Waals surface area contributed by atoms with Crippen LogP contribution in [-0.2, 0) is 28.8 Å². The largest absolute Gasteiger partial charge is 0.462 e. The summed E-state index contributed by atoms with van der Waals surface area (Å²) < 4.78 is 5.24. The van der Waals surface area contributed by atoms with Crippen LogP contribution in [0.4, 0.5) is 5.00 Å². The Balaban J connectivity index is 1.63. The van der Waals surface area contributed by atoms with Gasteiger partial charge in [0.15, 0.2) is 0 Å². The third-order valence-electron chi connectivity index (χ3n) is 4.89. The van der Waals surface area contributed by atoms with Gasteiger partial charge in [-0.25, -0.2) is 4.79 Å². The van der Waals surface area contributed by atoms with Gasteiger partial charge in [0.1, 0.15) is 5.00 Å². The summed E-state index contributed by atoms with van der Waals surface area (Å²) in [6.07, 6.45) is 6.20. The van der Waals surface area contributed by atoms with Gasteiger partial charge in [-0.2, -0.15) is 0 Å². The Labute approximate surface area is 164 Å². The van der Waals surface area contributed by atoms with Gasteiger partial charge in [-0.1, -0.05) is 29.8 Å². The Morgan fingerprint density at radius 3 is 2.63 bits per heavy atom. The van der Waals surface area contributed by atoms with Crippen molar-refractivity contribution in [3.05, 3.63) is 51.4 Å². The maximum Gasteiger partial charge on any atom is 0.341 e. The lowest BCUT2D eigenvalue weighted by Gasteiger charge is -2.12. The summed E-state index contributed by atoms with van der Waals surface area (Å²) in [6, 6.07) is 8.41. The molecule has 1 heterocycles. The number of nitrogens with one attached hydrogen (secondary N) is 1. The molecule has 0 spiro atoms. The summed E-state index contributed by atoms with van der Waals surface area (Å²) in [5.74, 6) is -0.349. The van der Waals surface area contributed by atoms with Gasteiger partial charge in [-0.15, -0.1) is 11.3 Å². The van der Waals surface area contributed by atoms with Crippen LogP contribution in [0.25, 0.3) is 0 Å². The number of anilines is 1. The van der Waals surface area contributed by atoms with Crippen molar-refractivity contribution >= 4 is 28.2 Å². The molecule has 0 atom stereocenters. The highest BCUT2D eigenvalue weighted by Crippen LogP contribution is 2.38. The Morgan fingerprint density at radius 1 is 1.15 bits per heavy atom. The summed E-state index contributed by atoms with van der Waals surface area (Å²) in [7, 11) is 0. The Hall–Kier alpha value is -2.14. The van der Waals surface area contributed by atoms with Crippen molar-refractivity contribution in [3.8, 4) is 0 Å². The molecule has 0 saturated heterocycles. The second kappa shape index (κ2) is 9.18. The normalized spacial score (nSPS) is 13.1. The molecule has 3 rings (SSSR count). The minimum Gasteiger partial charge on any atom is -0.462 e. The number of amides is 1. The molecule has 1 N–H and O–H groups in total. The number of hydrogen-bond acceptors (Lipinski definition) is 4. The number of esters is 1. The van der Waals surface area contributed by atoms with Crippen LogP contribution in [-0.4, -0.2) is 18.5 Å². The van der Waals surface area contributed by atoms with Crippen LogP contribution < -0.4 is 5.32 Å². The molecule has 2 aromatic rings. The molecule has 0 radical (unpaired) electrons. The van der Waals surface area contributed by atoms with E-state index < -0.39 is 0 Å². The number of carbonyl (C=O) groups excluding carboxylic acids is 2. The Kier molecular flexibility index (Phi) is 6.67. The molecule has 4 nitrogen and oxygen atoms in total. The Bertz CT molecular complexity index is 808. The highest BCUT2D eigenvalue weighted by molar-refractivity contribution is 7.17. The third-order valence-corrected chi connectivity index (χ3v) is 6.10. The van der Waals surface area contributed by atoms with E-state index in [1.165, 1.54) is 16.0 Å². The van der Waals surface area contributed by atoms with Crippen LogP contribution in [0.5, 0.6) is 0 Å². The molecule has 27 heavy (non-hydrogen) atoms. The molecule has 0 fully saturated rings. The first-order valence-electron chi connectivity index (χ1n) is 9.75. The number of benzene rings is 1. The lowest BCUT2D eigenvalue weighted by atomic mass is 9.95. The fraction of sp³-hybridized carbons (Fsp3) is 0.455. The van der Waals surface area contributed by atoms with E-state index in [4.69, 9.17) is 4.74 Å². The summed E-state index contributed by atoms with van der Waals surface area (Å²) in [5.41, 5.74) is 4.15. The fourth-order valence-electron chi connectivity index (χ4n) is 3.47. The number of fused-ring (bicyclic) bond motifs is 1. The summed E-state index contributed by atoms with van der Waals surface area (Å²) in [5, 5.41) is 3.65. The van der Waals surface area contributed by atoms with Crippen LogP contribution >= 0.6 is 11.3 Å². The second-order valence-corrected chi connectivity index (χ2v) is 8.13. The molecule has 144 valence electrons. The number of thiophene rings is 1. The third kappa shape index (κ3) is 4.98. The smallest absolute Gasteiger partial charge is 0.341 e. The topological polar surface area (TPSA) is 55.4 Å². The quantitative estimate of drug-likeness (QED) is 0.677. The molecule has 1 aromatic carbocycles. The van der Waals surface area contributed by atoms with Gasteiger partial charge < -0.3 is 10.1 Å². The van der Waals surface area contributed by atoms with Crippen LogP contribution in [0.15, 0.2) is 24.3 Å². The van der Waals surface area contributed by atoms with E-state index in [9.17, 15) is 9.59 Å². The van der Waals surface area contributed by atoms with Crippen molar-refractivity contribution in [2.24, 2.45) is 0 Å². The number of rotatable bonds is 7. The van der Waals surface area contributed by atoms with Gasteiger partial charge in [0, 0.05) is 11.3 Å². The number of aryl methyl sites for hydroxylation is 3. The summed E-state index contributed by atoms with van der Waals surface area (Å²) >= 11 is 1.54. The maximum absolute atomic E-state index is 12.4. The summed E-state index contributed by atoms with van der Waals surface area (Å²) in [4.78, 5) is 26.1. The van der Waals surface area contributed by atoms with E-state index in [-0.39, 0.29) is 11.9 Å². The van der Waals surface area contributed by atoms with Gasteiger partial charge >= 0.3 is 5.97 Å². The zero-order valence-corrected chi connectivity index (χ0v) is 16.9. The van der Waals surface area contributed by atoms with E-state index in [2.05, 4.69) is 36.5 Å². The van der Waals surface area contributed by atoms with Gasteiger partial charge in [-0.3, -0.25) is 4.79 Å². The van der Waals surface area contributed by atoms with Gasteiger partial charge in [-0.05, 0) is 63.5 Å². The molecule has 5 heteroatoms. The van der Waals surface area contributed by atoms with Crippen LogP contribution in [0.3, 0.4) is 0 Å². The predicted molar refractivity (Wildman–Crippen MR) is 110 cm³/mol. The Morgan fingerprint density at radius 2 is 1.89 bits per heavy atom. The van der Waals surface area contributed by atoms with E-state index in [1.54, 1.807) is 18.3 Å². The first-order chi connectivity index (χ1) is 13.1. The standard InChI is InChI=1S/C22H27NO3S/c1-3-26-22(25)20-17-8-4-5-9-18(17)27-21(20)23-19(24)10-6-7-16-13-11-15(2)12-14-16/h11-14H,3-10H2,1-2H3,(H,23,24). The average molecular weight is 386 g/mol. The fourth-order valence-corrected chi connectivity index (χ4v) is 4.76. The predicted octanol–water partition coefficient (Wildman–Crippen LogP) is 5.07. The molecule has 0 unspecified atom stereocenters. The minimum absolute atomic E-state index is 0.0359. The lowest BCUT2D eigenvalue weighted by molar-refractivity contribution is -0.116. The van der Waals surface area contributed by atoms with Crippen LogP contribution in [0.1, 0.15) is 64.5 Å². The minimum atomic E-state index is -0.313. The maximum atomic E-state index is 12.4. The highest BCUT2D eigenvalue weighted by Gasteiger charge is 2.27. The first kappa shape index (κ1) is 19.6. The number of hydrogen-bond donors (Lipinski definition) is 1. The van der Waals surface area contributed by atoms with Crippen molar-refractivity contribution in [2.45, 2.75) is 58.8 Å². The first-order valence-corrected chi connectivity index (χ1v) is 10.6. The molecule has 1 aliphatic carbocycles. The zero-order chi connectivity index (χ0) is 19.2. The van der Waals surface area contributed by atoms with E-state index in [0.29, 0.717) is 23.6 Å². The number of carbonyl (C=O) groups is 2. The van der Waals surface area contributed by atoms with Crippen LogP contribution in [0.2, 0.25) is 0 Å². The molecule has 0 bridgehead atoms. The lowest BCUT2D eigenvalue weighted by Crippen LogP contribution is -2.15. The number of ether oxygens (including phenoxy) is 1. The van der Waals surface area contributed by atoms with Gasteiger partial charge in [0.25, 0.3) is 0 Å².